The maximum atomic E-state index is 12.8. The molecule has 0 heterocycles. The smallest absolute Gasteiger partial charge is 0.306 e. The van der Waals surface area contributed by atoms with Crippen LogP contribution < -0.4 is 0 Å². The van der Waals surface area contributed by atoms with E-state index in [0.29, 0.717) is 19.3 Å². The molecule has 62 heavy (non-hydrogen) atoms. The number of allylic oxidation sites excluding steroid dienone is 6. The monoisotopic (exact) mass is 871 g/mol. The van der Waals surface area contributed by atoms with Crippen LogP contribution in [0.4, 0.5) is 0 Å². The van der Waals surface area contributed by atoms with Gasteiger partial charge < -0.3 is 14.2 Å². The fraction of sp³-hybridized carbons (Fsp3) is 0.839. The maximum absolute atomic E-state index is 12.8. The first-order valence-electron chi connectivity index (χ1n) is 27.0. The number of hydrogen-bond acceptors (Lipinski definition) is 6. The highest BCUT2D eigenvalue weighted by Crippen LogP contribution is 2.15. The molecule has 0 amide bonds. The molecule has 1 atom stereocenters. The Labute approximate surface area is 385 Å². The second-order valence-electron chi connectivity index (χ2n) is 18.1. The number of esters is 3. The van der Waals surface area contributed by atoms with Crippen molar-refractivity contribution in [3.63, 3.8) is 0 Å². The SMILES string of the molecule is CCCCC/C=C\C/C=C\CCCCCCCCCC(=O)O[C@H](COC(=O)CCCCCCC/C=C\CCCCCCCC)COC(=O)CCCCCCCCCCCCCC. The minimum atomic E-state index is -0.776. The lowest BCUT2D eigenvalue weighted by Crippen LogP contribution is -2.30. The Morgan fingerprint density at radius 2 is 0.581 bits per heavy atom. The molecule has 0 aliphatic carbocycles. The van der Waals surface area contributed by atoms with Crippen molar-refractivity contribution in [2.75, 3.05) is 13.2 Å². The summed E-state index contributed by atoms with van der Waals surface area (Å²) >= 11 is 0. The summed E-state index contributed by atoms with van der Waals surface area (Å²) in [6.45, 7) is 6.62. The van der Waals surface area contributed by atoms with Gasteiger partial charge in [-0.2, -0.15) is 0 Å². The van der Waals surface area contributed by atoms with Crippen molar-refractivity contribution in [3.05, 3.63) is 36.5 Å². The van der Waals surface area contributed by atoms with E-state index in [0.717, 1.165) is 77.0 Å². The van der Waals surface area contributed by atoms with Crippen LogP contribution >= 0.6 is 0 Å². The standard InChI is InChI=1S/C56H102O6/c1-4-7-10-13-16-19-22-25-27-28-30-32-35-38-41-44-47-50-56(59)62-53(51-60-54(57)48-45-42-39-36-33-24-21-18-15-12-9-6-3)52-61-55(58)49-46-43-40-37-34-31-29-26-23-20-17-14-11-8-5-2/h16,19,25-27,29,53H,4-15,17-18,20-24,28,30-52H2,1-3H3/b19-16-,27-25-,29-26-/t53-/m0/s1. The fourth-order valence-electron chi connectivity index (χ4n) is 7.76. The van der Waals surface area contributed by atoms with Gasteiger partial charge in [-0.1, -0.05) is 224 Å². The molecule has 0 bridgehead atoms. The van der Waals surface area contributed by atoms with Crippen LogP contribution in [0.25, 0.3) is 0 Å². The van der Waals surface area contributed by atoms with Gasteiger partial charge in [-0.3, -0.25) is 14.4 Å². The molecule has 0 spiro atoms. The zero-order valence-electron chi connectivity index (χ0n) is 41.4. The first kappa shape index (κ1) is 59.6. The van der Waals surface area contributed by atoms with Crippen molar-refractivity contribution in [2.24, 2.45) is 0 Å². The van der Waals surface area contributed by atoms with Crippen LogP contribution in [0.2, 0.25) is 0 Å². The highest BCUT2D eigenvalue weighted by Gasteiger charge is 2.19. The summed E-state index contributed by atoms with van der Waals surface area (Å²) in [5.41, 5.74) is 0. The first-order chi connectivity index (χ1) is 30.5. The summed E-state index contributed by atoms with van der Waals surface area (Å²) in [6.07, 6.45) is 59.8. The number of rotatable bonds is 49. The molecule has 362 valence electrons. The Morgan fingerprint density at radius 3 is 0.935 bits per heavy atom. The Kier molecular flexibility index (Phi) is 49.3. The largest absolute Gasteiger partial charge is 0.462 e. The third kappa shape index (κ3) is 48.7. The van der Waals surface area contributed by atoms with E-state index in [1.165, 1.54) is 167 Å². The predicted octanol–water partition coefficient (Wildman–Crippen LogP) is 17.7. The van der Waals surface area contributed by atoms with E-state index in [2.05, 4.69) is 57.2 Å². The zero-order chi connectivity index (χ0) is 45.1. The number of ether oxygens (including phenoxy) is 3. The third-order valence-corrected chi connectivity index (χ3v) is 11.9. The van der Waals surface area contributed by atoms with Gasteiger partial charge in [0.2, 0.25) is 0 Å². The van der Waals surface area contributed by atoms with Gasteiger partial charge in [0.05, 0.1) is 0 Å². The number of carbonyl (C=O) groups is 3. The van der Waals surface area contributed by atoms with E-state index in [1.807, 2.05) is 0 Å². The van der Waals surface area contributed by atoms with Gasteiger partial charge in [0.25, 0.3) is 0 Å². The molecule has 0 aromatic rings. The quantitative estimate of drug-likeness (QED) is 0.0262. The number of carbonyl (C=O) groups excluding carboxylic acids is 3. The summed E-state index contributed by atoms with van der Waals surface area (Å²) in [4.78, 5) is 38.0. The lowest BCUT2D eigenvalue weighted by molar-refractivity contribution is -0.167. The van der Waals surface area contributed by atoms with Crippen molar-refractivity contribution < 1.29 is 28.6 Å². The molecule has 0 unspecified atom stereocenters. The molecule has 0 aliphatic rings. The van der Waals surface area contributed by atoms with Gasteiger partial charge in [0.1, 0.15) is 13.2 Å². The molecule has 6 heteroatoms. The van der Waals surface area contributed by atoms with Crippen LogP contribution in [0.5, 0.6) is 0 Å². The van der Waals surface area contributed by atoms with Crippen molar-refractivity contribution in [1.82, 2.24) is 0 Å². The first-order valence-corrected chi connectivity index (χ1v) is 27.0. The van der Waals surface area contributed by atoms with E-state index in [-0.39, 0.29) is 31.1 Å². The average Bonchev–Trinajstić information content (AvgIpc) is 3.27. The third-order valence-electron chi connectivity index (χ3n) is 11.9. The van der Waals surface area contributed by atoms with Crippen LogP contribution in [0.3, 0.4) is 0 Å². The van der Waals surface area contributed by atoms with Crippen LogP contribution in [-0.2, 0) is 28.6 Å². The summed E-state index contributed by atoms with van der Waals surface area (Å²) < 4.78 is 16.8. The number of unbranched alkanes of at least 4 members (excludes halogenated alkanes) is 32. The minimum absolute atomic E-state index is 0.0749. The lowest BCUT2D eigenvalue weighted by Gasteiger charge is -2.18. The van der Waals surface area contributed by atoms with Gasteiger partial charge in [-0.05, 0) is 77.0 Å². The van der Waals surface area contributed by atoms with Crippen molar-refractivity contribution >= 4 is 17.9 Å². The summed E-state index contributed by atoms with van der Waals surface area (Å²) in [7, 11) is 0. The summed E-state index contributed by atoms with van der Waals surface area (Å²) in [5, 5.41) is 0. The number of hydrogen-bond donors (Lipinski definition) is 0. The van der Waals surface area contributed by atoms with E-state index >= 15 is 0 Å². The summed E-state index contributed by atoms with van der Waals surface area (Å²) in [6, 6.07) is 0. The van der Waals surface area contributed by atoms with Gasteiger partial charge in [-0.25, -0.2) is 0 Å². The van der Waals surface area contributed by atoms with E-state index in [4.69, 9.17) is 14.2 Å². The average molecular weight is 871 g/mol. The molecule has 0 aliphatic heterocycles. The van der Waals surface area contributed by atoms with E-state index in [9.17, 15) is 14.4 Å². The molecule has 6 nitrogen and oxygen atoms in total. The van der Waals surface area contributed by atoms with Gasteiger partial charge in [0.15, 0.2) is 6.10 Å². The van der Waals surface area contributed by atoms with Crippen LogP contribution in [0.15, 0.2) is 36.5 Å². The van der Waals surface area contributed by atoms with E-state index < -0.39 is 6.10 Å². The highest BCUT2D eigenvalue weighted by molar-refractivity contribution is 5.71. The molecule has 0 rings (SSSR count). The molecule has 0 fully saturated rings. The zero-order valence-corrected chi connectivity index (χ0v) is 41.4. The lowest BCUT2D eigenvalue weighted by atomic mass is 10.0. The van der Waals surface area contributed by atoms with Crippen LogP contribution in [-0.4, -0.2) is 37.2 Å². The van der Waals surface area contributed by atoms with Crippen molar-refractivity contribution in [3.8, 4) is 0 Å². The van der Waals surface area contributed by atoms with Crippen LogP contribution in [0, 0.1) is 0 Å². The normalized spacial score (nSPS) is 12.2. The molecule has 0 saturated carbocycles. The van der Waals surface area contributed by atoms with Crippen LogP contribution in [0.1, 0.15) is 284 Å². The highest BCUT2D eigenvalue weighted by atomic mass is 16.6. The summed E-state index contributed by atoms with van der Waals surface area (Å²) in [5.74, 6) is -0.880. The topological polar surface area (TPSA) is 78.9 Å². The molecule has 0 radical (unpaired) electrons. The molecule has 0 saturated heterocycles. The Bertz CT molecular complexity index is 1050. The fourth-order valence-corrected chi connectivity index (χ4v) is 7.76. The molecule has 0 N–H and O–H groups in total. The molecule has 0 aromatic carbocycles. The van der Waals surface area contributed by atoms with E-state index in [1.54, 1.807) is 0 Å². The van der Waals surface area contributed by atoms with Crippen molar-refractivity contribution in [1.29, 1.82) is 0 Å². The molecular formula is C56H102O6. The van der Waals surface area contributed by atoms with Gasteiger partial charge in [0, 0.05) is 19.3 Å². The van der Waals surface area contributed by atoms with Crippen molar-refractivity contribution in [2.45, 2.75) is 290 Å². The van der Waals surface area contributed by atoms with Gasteiger partial charge >= 0.3 is 17.9 Å². The molecule has 0 aromatic heterocycles. The Hall–Kier alpha value is -2.37. The predicted molar refractivity (Wildman–Crippen MR) is 266 cm³/mol. The minimum Gasteiger partial charge on any atom is -0.462 e. The maximum Gasteiger partial charge on any atom is 0.306 e. The second kappa shape index (κ2) is 51.3. The van der Waals surface area contributed by atoms with Gasteiger partial charge in [-0.15, -0.1) is 0 Å². The Morgan fingerprint density at radius 1 is 0.323 bits per heavy atom. The Balaban J connectivity index is 4.37. The molecular weight excluding hydrogens is 769 g/mol. The second-order valence-corrected chi connectivity index (χ2v) is 18.1.